The fraction of sp³-hybridized carbons (Fsp3) is 0.222. The number of nitrogen functional groups attached to an aromatic ring is 1. The van der Waals surface area contributed by atoms with Gasteiger partial charge in [-0.2, -0.15) is 0 Å². The topological polar surface area (TPSA) is 43.3 Å². The maximum atomic E-state index is 5.71. The van der Waals surface area contributed by atoms with Gasteiger partial charge < -0.3 is 10.1 Å². The van der Waals surface area contributed by atoms with Crippen LogP contribution in [0.25, 0.3) is 5.65 Å². The van der Waals surface area contributed by atoms with E-state index in [1.54, 1.807) is 6.20 Å². The van der Waals surface area contributed by atoms with E-state index in [1.165, 1.54) is 5.56 Å². The molecule has 0 aliphatic heterocycles. The molecule has 0 aliphatic rings. The Labute approximate surface area is 70.8 Å². The number of imidazole rings is 1. The van der Waals surface area contributed by atoms with Crippen molar-refractivity contribution in [2.75, 3.05) is 5.73 Å². The molecule has 12 heavy (non-hydrogen) atoms. The van der Waals surface area contributed by atoms with Crippen LogP contribution in [0.15, 0.2) is 24.7 Å². The van der Waals surface area contributed by atoms with E-state index in [2.05, 4.69) is 11.9 Å². The number of anilines is 1. The molecule has 2 aromatic rings. The molecule has 0 amide bonds. The Morgan fingerprint density at radius 3 is 3.17 bits per heavy atom. The van der Waals surface area contributed by atoms with Crippen molar-refractivity contribution < 1.29 is 0 Å². The normalized spacial score (nSPS) is 10.8. The number of pyridine rings is 1. The van der Waals surface area contributed by atoms with E-state index in [0.717, 1.165) is 17.8 Å². The van der Waals surface area contributed by atoms with Crippen LogP contribution in [-0.4, -0.2) is 9.38 Å². The van der Waals surface area contributed by atoms with E-state index < -0.39 is 0 Å². The van der Waals surface area contributed by atoms with E-state index in [0.29, 0.717) is 0 Å². The number of rotatable bonds is 1. The second-order valence-corrected chi connectivity index (χ2v) is 2.81. The molecule has 0 spiro atoms. The van der Waals surface area contributed by atoms with Crippen LogP contribution < -0.4 is 5.73 Å². The lowest BCUT2D eigenvalue weighted by Crippen LogP contribution is -1.94. The standard InChI is InChI=1S/C9H11N3/c1-2-7-5-8(10)6-12-4-3-11-9(7)12/h3-6H,2,10H2,1H3. The highest BCUT2D eigenvalue weighted by atomic mass is 15.0. The summed E-state index contributed by atoms with van der Waals surface area (Å²) in [4.78, 5) is 4.24. The molecule has 0 fully saturated rings. The quantitative estimate of drug-likeness (QED) is 0.688. The number of aryl methyl sites for hydroxylation is 1. The molecule has 0 saturated carbocycles. The molecular formula is C9H11N3. The molecule has 0 aliphatic carbocycles. The first-order chi connectivity index (χ1) is 5.81. The van der Waals surface area contributed by atoms with Crippen molar-refractivity contribution in [2.45, 2.75) is 13.3 Å². The zero-order chi connectivity index (χ0) is 8.55. The number of hydrogen-bond donors (Lipinski definition) is 1. The van der Waals surface area contributed by atoms with Crippen LogP contribution >= 0.6 is 0 Å². The largest absolute Gasteiger partial charge is 0.398 e. The van der Waals surface area contributed by atoms with E-state index in [4.69, 9.17) is 5.73 Å². The van der Waals surface area contributed by atoms with E-state index in [1.807, 2.05) is 22.9 Å². The number of aromatic nitrogens is 2. The Bertz CT molecular complexity index is 403. The minimum absolute atomic E-state index is 0.789. The van der Waals surface area contributed by atoms with E-state index >= 15 is 0 Å². The highest BCUT2D eigenvalue weighted by Gasteiger charge is 2.00. The van der Waals surface area contributed by atoms with Gasteiger partial charge in [0, 0.05) is 24.3 Å². The van der Waals surface area contributed by atoms with Crippen LogP contribution in [0.3, 0.4) is 0 Å². The number of fused-ring (bicyclic) bond motifs is 1. The Kier molecular flexibility index (Phi) is 1.50. The van der Waals surface area contributed by atoms with Crippen LogP contribution in [0.1, 0.15) is 12.5 Å². The number of nitrogens with two attached hydrogens (primary N) is 1. The van der Waals surface area contributed by atoms with Crippen molar-refractivity contribution in [1.29, 1.82) is 0 Å². The smallest absolute Gasteiger partial charge is 0.139 e. The maximum Gasteiger partial charge on any atom is 0.139 e. The van der Waals surface area contributed by atoms with Crippen molar-refractivity contribution >= 4 is 11.3 Å². The van der Waals surface area contributed by atoms with Crippen LogP contribution in [0.5, 0.6) is 0 Å². The van der Waals surface area contributed by atoms with Gasteiger partial charge in [0.2, 0.25) is 0 Å². The first-order valence-electron chi connectivity index (χ1n) is 4.02. The summed E-state index contributed by atoms with van der Waals surface area (Å²) in [5.41, 5.74) is 8.70. The van der Waals surface area contributed by atoms with Gasteiger partial charge in [0.15, 0.2) is 0 Å². The molecule has 2 rings (SSSR count). The predicted molar refractivity (Wildman–Crippen MR) is 49.0 cm³/mol. The SMILES string of the molecule is CCc1cc(N)cn2ccnc12. The van der Waals surface area contributed by atoms with Gasteiger partial charge in [-0.3, -0.25) is 0 Å². The molecule has 3 nitrogen and oxygen atoms in total. The molecule has 2 heterocycles. The van der Waals surface area contributed by atoms with Crippen LogP contribution in [-0.2, 0) is 6.42 Å². The summed E-state index contributed by atoms with van der Waals surface area (Å²) in [6, 6.07) is 1.97. The third kappa shape index (κ3) is 0.942. The summed E-state index contributed by atoms with van der Waals surface area (Å²) < 4.78 is 1.95. The molecule has 3 heteroatoms. The summed E-state index contributed by atoms with van der Waals surface area (Å²) in [5, 5.41) is 0. The van der Waals surface area contributed by atoms with Gasteiger partial charge in [0.25, 0.3) is 0 Å². The lowest BCUT2D eigenvalue weighted by Gasteiger charge is -2.01. The molecule has 0 saturated heterocycles. The van der Waals surface area contributed by atoms with Crippen molar-refractivity contribution in [3.05, 3.63) is 30.2 Å². The van der Waals surface area contributed by atoms with Gasteiger partial charge >= 0.3 is 0 Å². The highest BCUT2D eigenvalue weighted by Crippen LogP contribution is 2.13. The Morgan fingerprint density at radius 1 is 1.58 bits per heavy atom. The third-order valence-electron chi connectivity index (χ3n) is 1.97. The van der Waals surface area contributed by atoms with Gasteiger partial charge in [0.1, 0.15) is 5.65 Å². The molecule has 0 atom stereocenters. The van der Waals surface area contributed by atoms with Gasteiger partial charge in [-0.1, -0.05) is 6.92 Å². The fourth-order valence-corrected chi connectivity index (χ4v) is 1.39. The second kappa shape index (κ2) is 2.52. The van der Waals surface area contributed by atoms with E-state index in [9.17, 15) is 0 Å². The minimum Gasteiger partial charge on any atom is -0.398 e. The highest BCUT2D eigenvalue weighted by molar-refractivity contribution is 5.54. The summed E-state index contributed by atoms with van der Waals surface area (Å²) in [6.45, 7) is 2.10. The van der Waals surface area contributed by atoms with Crippen LogP contribution in [0.4, 0.5) is 5.69 Å². The van der Waals surface area contributed by atoms with Crippen molar-refractivity contribution in [3.8, 4) is 0 Å². The van der Waals surface area contributed by atoms with Crippen molar-refractivity contribution in [2.24, 2.45) is 0 Å². The zero-order valence-corrected chi connectivity index (χ0v) is 6.99. The molecule has 62 valence electrons. The molecule has 0 bridgehead atoms. The van der Waals surface area contributed by atoms with Gasteiger partial charge in [-0.15, -0.1) is 0 Å². The average molecular weight is 161 g/mol. The Morgan fingerprint density at radius 2 is 2.42 bits per heavy atom. The Hall–Kier alpha value is -1.51. The van der Waals surface area contributed by atoms with Gasteiger partial charge in [-0.25, -0.2) is 4.98 Å². The first kappa shape index (κ1) is 7.16. The molecule has 0 unspecified atom stereocenters. The molecular weight excluding hydrogens is 150 g/mol. The molecule has 0 aromatic carbocycles. The maximum absolute atomic E-state index is 5.71. The summed E-state index contributed by atoms with van der Waals surface area (Å²) >= 11 is 0. The summed E-state index contributed by atoms with van der Waals surface area (Å²) in [7, 11) is 0. The second-order valence-electron chi connectivity index (χ2n) is 2.81. The van der Waals surface area contributed by atoms with Gasteiger partial charge in [-0.05, 0) is 18.1 Å². The lowest BCUT2D eigenvalue weighted by atomic mass is 10.2. The zero-order valence-electron chi connectivity index (χ0n) is 6.99. The average Bonchev–Trinajstić information content (AvgIpc) is 2.50. The predicted octanol–water partition coefficient (Wildman–Crippen LogP) is 1.48. The lowest BCUT2D eigenvalue weighted by molar-refractivity contribution is 1.09. The monoisotopic (exact) mass is 161 g/mol. The molecule has 0 radical (unpaired) electrons. The Balaban J connectivity index is 2.80. The number of nitrogens with zero attached hydrogens (tertiary/aromatic N) is 2. The molecule has 2 N–H and O–H groups in total. The summed E-state index contributed by atoms with van der Waals surface area (Å²) in [5.74, 6) is 0. The van der Waals surface area contributed by atoms with Gasteiger partial charge in [0.05, 0.1) is 0 Å². The van der Waals surface area contributed by atoms with E-state index in [-0.39, 0.29) is 0 Å². The fourth-order valence-electron chi connectivity index (χ4n) is 1.39. The van der Waals surface area contributed by atoms with Crippen molar-refractivity contribution in [3.63, 3.8) is 0 Å². The minimum atomic E-state index is 0.789. The van der Waals surface area contributed by atoms with Crippen LogP contribution in [0, 0.1) is 0 Å². The van der Waals surface area contributed by atoms with Crippen LogP contribution in [0.2, 0.25) is 0 Å². The van der Waals surface area contributed by atoms with Crippen molar-refractivity contribution in [1.82, 2.24) is 9.38 Å². The molecule has 2 aromatic heterocycles. The summed E-state index contributed by atoms with van der Waals surface area (Å²) in [6.07, 6.45) is 6.53. The number of hydrogen-bond acceptors (Lipinski definition) is 2. The third-order valence-corrected chi connectivity index (χ3v) is 1.97. The first-order valence-corrected chi connectivity index (χ1v) is 4.02.